The number of hydrogen-bond acceptors (Lipinski definition) is 2. The van der Waals surface area contributed by atoms with Gasteiger partial charge in [0.25, 0.3) is 0 Å². The summed E-state index contributed by atoms with van der Waals surface area (Å²) < 4.78 is 2.05. The van der Waals surface area contributed by atoms with E-state index in [9.17, 15) is 0 Å². The summed E-state index contributed by atoms with van der Waals surface area (Å²) in [4.78, 5) is 0. The minimum atomic E-state index is 0.326. The Hall–Kier alpha value is -0.830. The molecule has 3 heteroatoms. The van der Waals surface area contributed by atoms with Gasteiger partial charge in [-0.1, -0.05) is 27.7 Å². The van der Waals surface area contributed by atoms with Crippen molar-refractivity contribution < 1.29 is 0 Å². The number of aryl methyl sites for hydroxylation is 1. The molecule has 0 aromatic carbocycles. The van der Waals surface area contributed by atoms with E-state index in [0.717, 1.165) is 13.0 Å². The molecule has 1 heterocycles. The Morgan fingerprint density at radius 3 is 2.50 bits per heavy atom. The Morgan fingerprint density at radius 1 is 1.30 bits per heavy atom. The number of rotatable bonds is 8. The molecule has 0 saturated carbocycles. The van der Waals surface area contributed by atoms with Gasteiger partial charge in [0.1, 0.15) is 0 Å². The Balaban J connectivity index is 2.43. The van der Waals surface area contributed by atoms with Crippen LogP contribution in [0.5, 0.6) is 0 Å². The summed E-state index contributed by atoms with van der Waals surface area (Å²) in [6.45, 7) is 14.7. The van der Waals surface area contributed by atoms with Crippen molar-refractivity contribution in [3.05, 3.63) is 18.0 Å². The van der Waals surface area contributed by atoms with Gasteiger partial charge in [-0.15, -0.1) is 0 Å². The molecule has 20 heavy (non-hydrogen) atoms. The molecule has 1 aromatic rings. The zero-order valence-corrected chi connectivity index (χ0v) is 14.2. The van der Waals surface area contributed by atoms with Crippen molar-refractivity contribution in [3.8, 4) is 0 Å². The predicted octanol–water partition coefficient (Wildman–Crippen LogP) is 4.20. The molecule has 1 unspecified atom stereocenters. The molecular weight excluding hydrogens is 246 g/mol. The van der Waals surface area contributed by atoms with E-state index in [4.69, 9.17) is 0 Å². The molecule has 0 aliphatic rings. The van der Waals surface area contributed by atoms with Crippen molar-refractivity contribution in [1.29, 1.82) is 0 Å². The molecule has 1 atom stereocenters. The van der Waals surface area contributed by atoms with Crippen LogP contribution in [0, 0.1) is 5.41 Å². The van der Waals surface area contributed by atoms with Crippen LogP contribution in [-0.4, -0.2) is 22.4 Å². The number of nitrogens with zero attached hydrogens (tertiary/aromatic N) is 2. The van der Waals surface area contributed by atoms with Gasteiger partial charge in [-0.2, -0.15) is 5.10 Å². The van der Waals surface area contributed by atoms with Gasteiger partial charge >= 0.3 is 0 Å². The molecule has 0 saturated heterocycles. The third-order valence-electron chi connectivity index (χ3n) is 3.80. The fourth-order valence-electron chi connectivity index (χ4n) is 2.45. The molecule has 1 N–H and O–H groups in total. The maximum absolute atomic E-state index is 4.63. The Labute approximate surface area is 125 Å². The minimum absolute atomic E-state index is 0.326. The zero-order chi connectivity index (χ0) is 15.2. The van der Waals surface area contributed by atoms with Gasteiger partial charge in [0.05, 0.1) is 5.69 Å². The summed E-state index contributed by atoms with van der Waals surface area (Å²) in [5.41, 5.74) is 1.55. The van der Waals surface area contributed by atoms with Crippen molar-refractivity contribution in [3.63, 3.8) is 0 Å². The van der Waals surface area contributed by atoms with Crippen LogP contribution in [0.1, 0.15) is 72.5 Å². The SMILES string of the molecule is CCCNC(CCCc1ccn(C(C)C)n1)C(C)(C)C. The normalized spacial score (nSPS) is 13.9. The van der Waals surface area contributed by atoms with Gasteiger partial charge in [0, 0.05) is 18.3 Å². The van der Waals surface area contributed by atoms with E-state index in [1.807, 2.05) is 4.68 Å². The highest BCUT2D eigenvalue weighted by Crippen LogP contribution is 2.23. The lowest BCUT2D eigenvalue weighted by Crippen LogP contribution is -2.40. The first-order valence-corrected chi connectivity index (χ1v) is 8.12. The van der Waals surface area contributed by atoms with E-state index in [2.05, 4.69) is 64.2 Å². The number of hydrogen-bond donors (Lipinski definition) is 1. The fraction of sp³-hybridized carbons (Fsp3) is 0.824. The first-order valence-electron chi connectivity index (χ1n) is 8.12. The quantitative estimate of drug-likeness (QED) is 0.773. The molecule has 0 spiro atoms. The summed E-state index contributed by atoms with van der Waals surface area (Å²) in [5.74, 6) is 0. The maximum atomic E-state index is 4.63. The highest BCUT2D eigenvalue weighted by molar-refractivity contribution is 4.99. The second kappa shape index (κ2) is 7.82. The third-order valence-corrected chi connectivity index (χ3v) is 3.80. The van der Waals surface area contributed by atoms with Crippen LogP contribution in [0.15, 0.2) is 12.3 Å². The van der Waals surface area contributed by atoms with E-state index in [-0.39, 0.29) is 0 Å². The van der Waals surface area contributed by atoms with Gasteiger partial charge in [-0.05, 0) is 57.6 Å². The average molecular weight is 279 g/mol. The lowest BCUT2D eigenvalue weighted by molar-refractivity contribution is 0.251. The molecular formula is C17H33N3. The van der Waals surface area contributed by atoms with E-state index in [0.29, 0.717) is 17.5 Å². The molecule has 0 aliphatic carbocycles. The topological polar surface area (TPSA) is 29.9 Å². The van der Waals surface area contributed by atoms with Crippen LogP contribution in [-0.2, 0) is 6.42 Å². The van der Waals surface area contributed by atoms with Crippen LogP contribution >= 0.6 is 0 Å². The molecule has 3 nitrogen and oxygen atoms in total. The zero-order valence-electron chi connectivity index (χ0n) is 14.2. The predicted molar refractivity (Wildman–Crippen MR) is 87.1 cm³/mol. The molecule has 1 rings (SSSR count). The van der Waals surface area contributed by atoms with Gasteiger partial charge in [-0.3, -0.25) is 4.68 Å². The number of aromatic nitrogens is 2. The van der Waals surface area contributed by atoms with Crippen LogP contribution in [0.2, 0.25) is 0 Å². The van der Waals surface area contributed by atoms with Gasteiger partial charge in [0.15, 0.2) is 0 Å². The van der Waals surface area contributed by atoms with Crippen LogP contribution in [0.4, 0.5) is 0 Å². The summed E-state index contributed by atoms with van der Waals surface area (Å²) in [7, 11) is 0. The van der Waals surface area contributed by atoms with E-state index in [1.54, 1.807) is 0 Å². The van der Waals surface area contributed by atoms with Crippen LogP contribution < -0.4 is 5.32 Å². The van der Waals surface area contributed by atoms with Gasteiger partial charge < -0.3 is 5.32 Å². The molecule has 0 aliphatic heterocycles. The third kappa shape index (κ3) is 5.66. The van der Waals surface area contributed by atoms with Gasteiger partial charge in [0.2, 0.25) is 0 Å². The molecule has 0 radical (unpaired) electrons. The monoisotopic (exact) mass is 279 g/mol. The minimum Gasteiger partial charge on any atom is -0.313 e. The second-order valence-corrected chi connectivity index (χ2v) is 7.15. The molecule has 0 fully saturated rings. The average Bonchev–Trinajstić information content (AvgIpc) is 2.80. The lowest BCUT2D eigenvalue weighted by Gasteiger charge is -2.31. The Kier molecular flexibility index (Phi) is 6.74. The number of nitrogens with one attached hydrogen (secondary N) is 1. The summed E-state index contributed by atoms with van der Waals surface area (Å²) in [6.07, 6.45) is 6.80. The lowest BCUT2D eigenvalue weighted by atomic mass is 9.83. The van der Waals surface area contributed by atoms with E-state index >= 15 is 0 Å². The summed E-state index contributed by atoms with van der Waals surface area (Å²) >= 11 is 0. The van der Waals surface area contributed by atoms with Crippen molar-refractivity contribution >= 4 is 0 Å². The van der Waals surface area contributed by atoms with Crippen molar-refractivity contribution in [2.24, 2.45) is 5.41 Å². The Morgan fingerprint density at radius 2 is 2.00 bits per heavy atom. The van der Waals surface area contributed by atoms with Crippen LogP contribution in [0.25, 0.3) is 0 Å². The van der Waals surface area contributed by atoms with Crippen molar-refractivity contribution in [1.82, 2.24) is 15.1 Å². The van der Waals surface area contributed by atoms with Crippen LogP contribution in [0.3, 0.4) is 0 Å². The fourth-order valence-corrected chi connectivity index (χ4v) is 2.45. The van der Waals surface area contributed by atoms with Gasteiger partial charge in [-0.25, -0.2) is 0 Å². The second-order valence-electron chi connectivity index (χ2n) is 7.15. The molecule has 0 amide bonds. The summed E-state index contributed by atoms with van der Waals surface area (Å²) in [5, 5.41) is 8.32. The highest BCUT2D eigenvalue weighted by atomic mass is 15.3. The summed E-state index contributed by atoms with van der Waals surface area (Å²) in [6, 6.07) is 3.21. The maximum Gasteiger partial charge on any atom is 0.0624 e. The van der Waals surface area contributed by atoms with E-state index < -0.39 is 0 Å². The largest absolute Gasteiger partial charge is 0.313 e. The standard InChI is InChI=1S/C17H33N3/c1-7-12-18-16(17(4,5)6)10-8-9-15-11-13-20(19-15)14(2)3/h11,13-14,16,18H,7-10,12H2,1-6H3. The highest BCUT2D eigenvalue weighted by Gasteiger charge is 2.23. The molecule has 1 aromatic heterocycles. The Bertz CT molecular complexity index is 374. The first kappa shape index (κ1) is 17.2. The van der Waals surface area contributed by atoms with Crippen molar-refractivity contribution in [2.45, 2.75) is 79.3 Å². The van der Waals surface area contributed by atoms with E-state index in [1.165, 1.54) is 25.0 Å². The molecule has 0 bridgehead atoms. The smallest absolute Gasteiger partial charge is 0.0624 e. The molecule has 116 valence electrons. The first-order chi connectivity index (χ1) is 9.34. The van der Waals surface area contributed by atoms with Crippen molar-refractivity contribution in [2.75, 3.05) is 6.54 Å².